The van der Waals surface area contributed by atoms with Gasteiger partial charge in [-0.3, -0.25) is 4.72 Å². The van der Waals surface area contributed by atoms with Gasteiger partial charge in [-0.15, -0.1) is 11.8 Å². The van der Waals surface area contributed by atoms with Crippen molar-refractivity contribution in [2.45, 2.75) is 61.4 Å². The van der Waals surface area contributed by atoms with Crippen LogP contribution in [0.4, 0.5) is 27.1 Å². The van der Waals surface area contributed by atoms with Gasteiger partial charge in [0.15, 0.2) is 9.84 Å². The van der Waals surface area contributed by atoms with E-state index in [2.05, 4.69) is 45.6 Å². The van der Waals surface area contributed by atoms with Gasteiger partial charge in [-0.1, -0.05) is 55.8 Å². The number of hydrogen-bond donors (Lipinski definition) is 3. The molecule has 1 saturated heterocycles. The molecule has 1 fully saturated rings. The number of benzene rings is 5. The Bertz CT molecular complexity index is 2980. The quantitative estimate of drug-likeness (QED) is 0.0629. The molecule has 2 heterocycles. The molecule has 69 heavy (non-hydrogen) atoms. The van der Waals surface area contributed by atoms with Gasteiger partial charge in [0, 0.05) is 95.6 Å². The molecule has 1 atom stereocenters. The second-order valence-corrected chi connectivity index (χ2v) is 23.1. The van der Waals surface area contributed by atoms with Crippen molar-refractivity contribution in [3.63, 3.8) is 0 Å². The predicted molar refractivity (Wildman–Crippen MR) is 280 cm³/mol. The fraction of sp³-hybridized carbons (Fsp3) is 0.327. The average molecular weight is 1020 g/mol. The number of sulfone groups is 1. The van der Waals surface area contributed by atoms with Crippen molar-refractivity contribution in [3.8, 4) is 22.4 Å². The molecule has 366 valence electrons. The first-order valence-corrected chi connectivity index (χ1v) is 27.7. The molecular formula is C52H60ClFN6O6S3. The minimum Gasteiger partial charge on any atom is -0.478 e. The van der Waals surface area contributed by atoms with Crippen LogP contribution in [0.1, 0.15) is 43.2 Å². The highest BCUT2D eigenvalue weighted by Crippen LogP contribution is 2.41. The second kappa shape index (κ2) is 22.1. The number of nitrogens with zero attached hydrogens (tertiary/aromatic N) is 4. The number of carboxylic acids is 1. The van der Waals surface area contributed by atoms with Crippen molar-refractivity contribution in [1.29, 1.82) is 0 Å². The number of piperazine rings is 1. The van der Waals surface area contributed by atoms with Gasteiger partial charge in [-0.2, -0.15) is 0 Å². The number of halogens is 2. The summed E-state index contributed by atoms with van der Waals surface area (Å²) in [5.41, 5.74) is 5.18. The molecule has 0 bridgehead atoms. The largest absolute Gasteiger partial charge is 0.478 e. The molecule has 0 spiro atoms. The maximum atomic E-state index is 15.6. The van der Waals surface area contributed by atoms with Crippen molar-refractivity contribution in [2.75, 3.05) is 78.2 Å². The lowest BCUT2D eigenvalue weighted by Crippen LogP contribution is -2.46. The number of sulfonamides is 1. The predicted octanol–water partition coefficient (Wildman–Crippen LogP) is 10.7. The van der Waals surface area contributed by atoms with Gasteiger partial charge in [0.25, 0.3) is 10.0 Å². The number of carbonyl (C=O) groups is 1. The zero-order valence-corrected chi connectivity index (χ0v) is 43.0. The first-order valence-electron chi connectivity index (χ1n) is 22.9. The molecule has 1 aromatic heterocycles. The Balaban J connectivity index is 1.04. The summed E-state index contributed by atoms with van der Waals surface area (Å²) in [5, 5.41) is 14.4. The van der Waals surface area contributed by atoms with Gasteiger partial charge >= 0.3 is 5.97 Å². The highest BCUT2D eigenvalue weighted by Gasteiger charge is 2.29. The van der Waals surface area contributed by atoms with E-state index in [0.29, 0.717) is 89.0 Å². The van der Waals surface area contributed by atoms with Crippen LogP contribution >= 0.6 is 23.4 Å². The molecule has 3 N–H and O–H groups in total. The van der Waals surface area contributed by atoms with Gasteiger partial charge in [-0.25, -0.2) is 26.0 Å². The van der Waals surface area contributed by atoms with Crippen molar-refractivity contribution >= 4 is 71.9 Å². The third-order valence-corrected chi connectivity index (χ3v) is 16.2. The standard InChI is InChI=1S/C52H60ClFN6O6S3/c1-7-60-36(4)49(52(61)62)50(51(60)37-13-15-39(53)16-14-37)38-29-40(54)31-44(30-38)59-27-25-58(26-28-59)43-19-17-41(18-20-43)56-69(65,66)46-21-22-47(48(32-46)68(6,63)64)55-42(23-24-57(5)33-35(2)3)34-67-45-11-9-8-10-12-45/h8-22,29-32,35,42,55-56H,7,23-28,33-34H2,1-6H3,(H,61,62)/t42-/m1/s1. The SMILES string of the molecule is CCn1c(C)c(C(=O)O)c(-c2cc(F)cc(N3CCN(c4ccc(NS(=O)(=O)c5ccc(N[C@H](CCN(C)CC(C)C)CSc6ccccc6)c(S(C)(=O)=O)c5)cc4)CC3)c2)c1-c1ccc(Cl)cc1. The second-order valence-electron chi connectivity index (χ2n) is 17.9. The van der Waals surface area contributed by atoms with Crippen LogP contribution in [0, 0.1) is 18.7 Å². The number of aromatic carboxylic acids is 1. The molecule has 0 unspecified atom stereocenters. The number of aromatic nitrogens is 1. The molecule has 12 nitrogen and oxygen atoms in total. The van der Waals surface area contributed by atoms with E-state index in [1.807, 2.05) is 72.2 Å². The summed E-state index contributed by atoms with van der Waals surface area (Å²) in [4.78, 5) is 20.1. The monoisotopic (exact) mass is 1010 g/mol. The van der Waals surface area contributed by atoms with Gasteiger partial charge in [0.2, 0.25) is 0 Å². The number of thioether (sulfide) groups is 1. The van der Waals surface area contributed by atoms with Gasteiger partial charge < -0.3 is 29.7 Å². The average Bonchev–Trinajstić information content (AvgIpc) is 3.62. The Morgan fingerprint density at radius 2 is 1.51 bits per heavy atom. The Morgan fingerprint density at radius 3 is 2.12 bits per heavy atom. The molecule has 1 aliphatic rings. The molecule has 6 aromatic rings. The third kappa shape index (κ3) is 12.6. The van der Waals surface area contributed by atoms with Crippen molar-refractivity contribution in [2.24, 2.45) is 5.92 Å². The van der Waals surface area contributed by atoms with E-state index in [4.69, 9.17) is 11.6 Å². The summed E-state index contributed by atoms with van der Waals surface area (Å²) in [5.74, 6) is -0.415. The van der Waals surface area contributed by atoms with E-state index in [9.17, 15) is 26.7 Å². The molecular weight excluding hydrogens is 955 g/mol. The van der Waals surface area contributed by atoms with E-state index in [0.717, 1.165) is 41.9 Å². The normalized spacial score (nSPS) is 13.8. The van der Waals surface area contributed by atoms with E-state index in [1.165, 1.54) is 30.3 Å². The van der Waals surface area contributed by atoms with E-state index < -0.39 is 31.6 Å². The first-order chi connectivity index (χ1) is 32.8. The summed E-state index contributed by atoms with van der Waals surface area (Å²) in [6.45, 7) is 12.5. The first kappa shape index (κ1) is 51.3. The molecule has 1 aliphatic heterocycles. The molecule has 0 radical (unpaired) electrons. The maximum absolute atomic E-state index is 15.6. The Hall–Kier alpha value is -5.52. The molecule has 0 aliphatic carbocycles. The zero-order valence-electron chi connectivity index (χ0n) is 39.7. The van der Waals surface area contributed by atoms with Crippen LogP contribution in [-0.2, 0) is 26.4 Å². The number of anilines is 4. The van der Waals surface area contributed by atoms with E-state index in [1.54, 1.807) is 43.0 Å². The summed E-state index contributed by atoms with van der Waals surface area (Å²) in [6, 6.07) is 32.9. The number of hydrogen-bond acceptors (Lipinski definition) is 10. The Kier molecular flexibility index (Phi) is 16.4. The number of carboxylic acid groups (broad SMARTS) is 1. The minimum absolute atomic E-state index is 0.0991. The smallest absolute Gasteiger partial charge is 0.338 e. The van der Waals surface area contributed by atoms with Crippen LogP contribution in [0.2, 0.25) is 5.02 Å². The fourth-order valence-electron chi connectivity index (χ4n) is 8.98. The van der Waals surface area contributed by atoms with Crippen LogP contribution in [-0.4, -0.2) is 102 Å². The third-order valence-electron chi connectivity index (χ3n) is 12.2. The number of nitrogens with one attached hydrogen (secondary N) is 2. The summed E-state index contributed by atoms with van der Waals surface area (Å²) in [6.07, 6.45) is 1.82. The Labute approximate surface area is 415 Å². The summed E-state index contributed by atoms with van der Waals surface area (Å²) < 4.78 is 74.2. The zero-order chi connectivity index (χ0) is 49.6. The van der Waals surface area contributed by atoms with Crippen LogP contribution in [0.3, 0.4) is 0 Å². The van der Waals surface area contributed by atoms with Gasteiger partial charge in [0.1, 0.15) is 5.82 Å². The minimum atomic E-state index is -4.20. The van der Waals surface area contributed by atoms with Crippen molar-refractivity contribution < 1.29 is 31.1 Å². The fourth-order valence-corrected chi connectivity index (χ4v) is 12.1. The van der Waals surface area contributed by atoms with E-state index in [-0.39, 0.29) is 21.4 Å². The van der Waals surface area contributed by atoms with Crippen LogP contribution in [0.25, 0.3) is 22.4 Å². The van der Waals surface area contributed by atoms with Crippen molar-refractivity contribution in [1.82, 2.24) is 9.47 Å². The highest BCUT2D eigenvalue weighted by atomic mass is 35.5. The maximum Gasteiger partial charge on any atom is 0.338 e. The molecule has 0 saturated carbocycles. The summed E-state index contributed by atoms with van der Waals surface area (Å²) >= 11 is 7.88. The van der Waals surface area contributed by atoms with E-state index >= 15 is 4.39 Å². The Morgan fingerprint density at radius 1 is 0.855 bits per heavy atom. The molecule has 0 amide bonds. The molecule has 17 heteroatoms. The highest BCUT2D eigenvalue weighted by molar-refractivity contribution is 7.99. The van der Waals surface area contributed by atoms with Gasteiger partial charge in [-0.05, 0) is 136 Å². The molecule has 7 rings (SSSR count). The lowest BCUT2D eigenvalue weighted by Gasteiger charge is -2.37. The topological polar surface area (TPSA) is 144 Å². The number of rotatable bonds is 20. The van der Waals surface area contributed by atoms with Crippen LogP contribution < -0.4 is 19.8 Å². The van der Waals surface area contributed by atoms with Gasteiger partial charge in [0.05, 0.1) is 26.7 Å². The molecule has 5 aromatic carbocycles. The van der Waals surface area contributed by atoms with Crippen molar-refractivity contribution in [3.05, 3.63) is 137 Å². The lowest BCUT2D eigenvalue weighted by molar-refractivity contribution is 0.0696. The lowest BCUT2D eigenvalue weighted by atomic mass is 9.96. The van der Waals surface area contributed by atoms with Crippen LogP contribution in [0.5, 0.6) is 0 Å². The summed E-state index contributed by atoms with van der Waals surface area (Å²) in [7, 11) is -5.97. The van der Waals surface area contributed by atoms with Crippen LogP contribution in [0.15, 0.2) is 130 Å².